The van der Waals surface area contributed by atoms with Crippen LogP contribution in [0.25, 0.3) is 0 Å². The zero-order valence-electron chi connectivity index (χ0n) is 10.7. The molecule has 0 radical (unpaired) electrons. The number of hydrogen-bond acceptors (Lipinski definition) is 4. The van der Waals surface area contributed by atoms with Gasteiger partial charge in [0.1, 0.15) is 0 Å². The van der Waals surface area contributed by atoms with Crippen LogP contribution in [0.5, 0.6) is 0 Å². The molecule has 1 atom stereocenters. The second-order valence-electron chi connectivity index (χ2n) is 5.47. The van der Waals surface area contributed by atoms with Gasteiger partial charge in [-0.15, -0.1) is 0 Å². The summed E-state index contributed by atoms with van der Waals surface area (Å²) in [5.41, 5.74) is 0. The molecular weight excluding hydrogens is 236 g/mol. The number of sulfone groups is 1. The molecule has 0 bridgehead atoms. The molecule has 100 valence electrons. The Balaban J connectivity index is 1.55. The van der Waals surface area contributed by atoms with Gasteiger partial charge in [0.25, 0.3) is 0 Å². The first kappa shape index (κ1) is 13.3. The van der Waals surface area contributed by atoms with Gasteiger partial charge in [0.15, 0.2) is 9.84 Å². The van der Waals surface area contributed by atoms with E-state index in [-0.39, 0.29) is 6.04 Å². The van der Waals surface area contributed by atoms with Gasteiger partial charge in [-0.25, -0.2) is 8.42 Å². The molecule has 0 aromatic carbocycles. The second-order valence-corrected chi connectivity index (χ2v) is 7.70. The van der Waals surface area contributed by atoms with Gasteiger partial charge >= 0.3 is 0 Å². The van der Waals surface area contributed by atoms with E-state index in [1.54, 1.807) is 0 Å². The van der Waals surface area contributed by atoms with Crippen LogP contribution in [0.3, 0.4) is 0 Å². The number of rotatable bonds is 7. The number of unbranched alkanes of at least 4 members (excludes halogenated alkanes) is 1. The lowest BCUT2D eigenvalue weighted by molar-refractivity contribution is 0.256. The van der Waals surface area contributed by atoms with Crippen molar-refractivity contribution in [3.8, 4) is 0 Å². The first-order valence-electron chi connectivity index (χ1n) is 6.71. The predicted molar refractivity (Wildman–Crippen MR) is 69.9 cm³/mol. The van der Waals surface area contributed by atoms with E-state index in [1.807, 2.05) is 0 Å². The van der Waals surface area contributed by atoms with Crippen LogP contribution in [0.2, 0.25) is 0 Å². The van der Waals surface area contributed by atoms with E-state index in [1.165, 1.54) is 19.3 Å². The van der Waals surface area contributed by atoms with Gasteiger partial charge in [-0.05, 0) is 52.2 Å². The summed E-state index contributed by atoms with van der Waals surface area (Å²) >= 11 is 0. The molecule has 1 saturated carbocycles. The molecule has 17 heavy (non-hydrogen) atoms. The highest BCUT2D eigenvalue weighted by Gasteiger charge is 2.30. The SMILES string of the molecule is CN(CCCCNC1CC1)C1CCS(=O)(=O)C1. The van der Waals surface area contributed by atoms with Crippen LogP contribution < -0.4 is 5.32 Å². The first-order chi connectivity index (χ1) is 8.07. The second kappa shape index (κ2) is 5.67. The van der Waals surface area contributed by atoms with E-state index in [2.05, 4.69) is 17.3 Å². The molecule has 1 aliphatic heterocycles. The lowest BCUT2D eigenvalue weighted by Crippen LogP contribution is -2.33. The van der Waals surface area contributed by atoms with Crippen molar-refractivity contribution in [2.45, 2.75) is 44.2 Å². The Labute approximate surface area is 105 Å². The Morgan fingerprint density at radius 2 is 2.00 bits per heavy atom. The summed E-state index contributed by atoms with van der Waals surface area (Å²) in [6, 6.07) is 1.06. The van der Waals surface area contributed by atoms with Crippen molar-refractivity contribution in [3.63, 3.8) is 0 Å². The standard InChI is InChI=1S/C12H24N2O2S/c1-14(12-6-9-17(15,16)10-12)8-3-2-7-13-11-4-5-11/h11-13H,2-10H2,1H3. The van der Waals surface area contributed by atoms with Gasteiger partial charge in [-0.1, -0.05) is 0 Å². The summed E-state index contributed by atoms with van der Waals surface area (Å²) in [7, 11) is -0.677. The highest BCUT2D eigenvalue weighted by molar-refractivity contribution is 7.91. The molecule has 1 heterocycles. The smallest absolute Gasteiger partial charge is 0.151 e. The summed E-state index contributed by atoms with van der Waals surface area (Å²) in [5.74, 6) is 0.745. The van der Waals surface area contributed by atoms with Gasteiger partial charge in [0, 0.05) is 12.1 Å². The molecule has 0 aromatic rings. The van der Waals surface area contributed by atoms with E-state index in [0.717, 1.165) is 32.0 Å². The molecule has 4 nitrogen and oxygen atoms in total. The lowest BCUT2D eigenvalue weighted by atomic mass is 10.2. The van der Waals surface area contributed by atoms with Gasteiger partial charge in [0.2, 0.25) is 0 Å². The van der Waals surface area contributed by atoms with E-state index in [9.17, 15) is 8.42 Å². The van der Waals surface area contributed by atoms with Gasteiger partial charge in [-0.3, -0.25) is 0 Å². The molecule has 2 aliphatic rings. The van der Waals surface area contributed by atoms with Crippen LogP contribution in [-0.2, 0) is 9.84 Å². The monoisotopic (exact) mass is 260 g/mol. The fourth-order valence-corrected chi connectivity index (χ4v) is 4.19. The third kappa shape index (κ3) is 4.56. The molecule has 2 rings (SSSR count). The summed E-state index contributed by atoms with van der Waals surface area (Å²) in [6.45, 7) is 2.13. The van der Waals surface area contributed by atoms with Crippen molar-refractivity contribution in [3.05, 3.63) is 0 Å². The topological polar surface area (TPSA) is 49.4 Å². The van der Waals surface area contributed by atoms with Gasteiger partial charge < -0.3 is 10.2 Å². The van der Waals surface area contributed by atoms with Crippen molar-refractivity contribution >= 4 is 9.84 Å². The zero-order valence-corrected chi connectivity index (χ0v) is 11.5. The Morgan fingerprint density at radius 1 is 1.24 bits per heavy atom. The zero-order chi connectivity index (χ0) is 12.3. The fourth-order valence-electron chi connectivity index (χ4n) is 2.39. The minimum atomic E-state index is -2.73. The van der Waals surface area contributed by atoms with Crippen LogP contribution in [-0.4, -0.2) is 57.0 Å². The number of hydrogen-bond donors (Lipinski definition) is 1. The van der Waals surface area contributed by atoms with E-state index < -0.39 is 9.84 Å². The maximum atomic E-state index is 11.4. The predicted octanol–water partition coefficient (Wildman–Crippen LogP) is 0.638. The maximum Gasteiger partial charge on any atom is 0.151 e. The van der Waals surface area contributed by atoms with Crippen LogP contribution in [0.1, 0.15) is 32.1 Å². The van der Waals surface area contributed by atoms with Gasteiger partial charge in [-0.2, -0.15) is 0 Å². The van der Waals surface area contributed by atoms with Crippen LogP contribution in [0.15, 0.2) is 0 Å². The summed E-state index contributed by atoms with van der Waals surface area (Å²) in [6.07, 6.45) is 5.87. The molecule has 2 fully saturated rings. The van der Waals surface area contributed by atoms with E-state index in [4.69, 9.17) is 0 Å². The molecule has 5 heteroatoms. The molecule has 1 N–H and O–H groups in total. The quantitative estimate of drug-likeness (QED) is 0.682. The lowest BCUT2D eigenvalue weighted by Gasteiger charge is -2.22. The average molecular weight is 260 g/mol. The largest absolute Gasteiger partial charge is 0.314 e. The number of nitrogens with zero attached hydrogens (tertiary/aromatic N) is 1. The molecule has 1 saturated heterocycles. The molecule has 1 unspecified atom stereocenters. The summed E-state index contributed by atoms with van der Waals surface area (Å²) in [5, 5.41) is 3.50. The molecular formula is C12H24N2O2S. The Kier molecular flexibility index (Phi) is 4.44. The average Bonchev–Trinajstić information content (AvgIpc) is 3.01. The molecule has 0 aromatic heterocycles. The third-order valence-electron chi connectivity index (χ3n) is 3.78. The molecule has 0 spiro atoms. The normalized spacial score (nSPS) is 27.8. The van der Waals surface area contributed by atoms with Crippen molar-refractivity contribution < 1.29 is 8.42 Å². The highest BCUT2D eigenvalue weighted by Crippen LogP contribution is 2.19. The first-order valence-corrected chi connectivity index (χ1v) is 8.53. The van der Waals surface area contributed by atoms with Crippen LogP contribution >= 0.6 is 0 Å². The Bertz CT molecular complexity index is 338. The van der Waals surface area contributed by atoms with Crippen LogP contribution in [0.4, 0.5) is 0 Å². The van der Waals surface area contributed by atoms with Crippen molar-refractivity contribution in [1.29, 1.82) is 0 Å². The van der Waals surface area contributed by atoms with Gasteiger partial charge in [0.05, 0.1) is 11.5 Å². The summed E-state index contributed by atoms with van der Waals surface area (Å²) < 4.78 is 22.7. The third-order valence-corrected chi connectivity index (χ3v) is 5.53. The van der Waals surface area contributed by atoms with Crippen molar-refractivity contribution in [1.82, 2.24) is 10.2 Å². The fraction of sp³-hybridized carbons (Fsp3) is 1.00. The van der Waals surface area contributed by atoms with Crippen LogP contribution in [0, 0.1) is 0 Å². The van der Waals surface area contributed by atoms with Crippen molar-refractivity contribution in [2.75, 3.05) is 31.6 Å². The van der Waals surface area contributed by atoms with E-state index in [0.29, 0.717) is 11.5 Å². The summed E-state index contributed by atoms with van der Waals surface area (Å²) in [4.78, 5) is 2.22. The molecule has 0 amide bonds. The Hall–Kier alpha value is -0.130. The van der Waals surface area contributed by atoms with Crippen molar-refractivity contribution in [2.24, 2.45) is 0 Å². The van der Waals surface area contributed by atoms with E-state index >= 15 is 0 Å². The maximum absolute atomic E-state index is 11.4. The highest BCUT2D eigenvalue weighted by atomic mass is 32.2. The minimum absolute atomic E-state index is 0.261. The minimum Gasteiger partial charge on any atom is -0.314 e. The molecule has 1 aliphatic carbocycles. The Morgan fingerprint density at radius 3 is 2.59 bits per heavy atom. The number of nitrogens with one attached hydrogen (secondary N) is 1.